The topological polar surface area (TPSA) is 23.5 Å². The van der Waals surface area contributed by atoms with E-state index in [2.05, 4.69) is 0 Å². The van der Waals surface area contributed by atoms with Crippen LogP contribution in [-0.2, 0) is 0 Å². The predicted molar refractivity (Wildman–Crippen MR) is 71.7 cm³/mol. The maximum Gasteiger partial charge on any atom is 0.401 e. The molecule has 1 aromatic carbocycles. The minimum Gasteiger partial charge on any atom is -0.388 e. The molecular formula is C14H17ClF3NO. The van der Waals surface area contributed by atoms with Crippen molar-refractivity contribution in [1.82, 2.24) is 4.90 Å². The van der Waals surface area contributed by atoms with Gasteiger partial charge in [-0.2, -0.15) is 13.2 Å². The van der Waals surface area contributed by atoms with E-state index in [1.54, 1.807) is 24.3 Å². The van der Waals surface area contributed by atoms with Crippen LogP contribution in [0.3, 0.4) is 0 Å². The predicted octanol–water partition coefficient (Wildman–Crippen LogP) is 3.79. The summed E-state index contributed by atoms with van der Waals surface area (Å²) in [5, 5.41) is 10.5. The summed E-state index contributed by atoms with van der Waals surface area (Å²) in [4.78, 5) is 1.41. The first-order valence-corrected chi connectivity index (χ1v) is 6.97. The molecule has 20 heavy (non-hydrogen) atoms. The number of benzene rings is 1. The molecule has 6 heteroatoms. The summed E-state index contributed by atoms with van der Waals surface area (Å²) in [5.74, 6) is 0. The lowest BCUT2D eigenvalue weighted by molar-refractivity contribution is -0.147. The lowest BCUT2D eigenvalue weighted by Crippen LogP contribution is -2.37. The Morgan fingerprint density at radius 3 is 2.60 bits per heavy atom. The molecule has 1 aliphatic rings. The molecule has 1 unspecified atom stereocenters. The molecule has 2 nitrogen and oxygen atoms in total. The molecule has 0 amide bonds. The molecule has 0 spiro atoms. The number of aliphatic hydroxyl groups excluding tert-OH is 1. The van der Waals surface area contributed by atoms with Crippen molar-refractivity contribution in [1.29, 1.82) is 0 Å². The highest BCUT2D eigenvalue weighted by Gasteiger charge is 2.37. The first kappa shape index (κ1) is 15.6. The standard InChI is InChI=1S/C14H17ClF3NO/c15-11-3-1-2-10(8-11)13(20)6-7-19(12-4-5-12)9-14(16,17)18/h1-3,8,12-13,20H,4-7,9H2. The summed E-state index contributed by atoms with van der Waals surface area (Å²) in [5.41, 5.74) is 0.639. The highest BCUT2D eigenvalue weighted by Crippen LogP contribution is 2.31. The Hall–Kier alpha value is -0.780. The Morgan fingerprint density at radius 2 is 2.05 bits per heavy atom. The van der Waals surface area contributed by atoms with Crippen molar-refractivity contribution in [3.8, 4) is 0 Å². The minimum atomic E-state index is -4.19. The van der Waals surface area contributed by atoms with Crippen molar-refractivity contribution in [3.63, 3.8) is 0 Å². The van der Waals surface area contributed by atoms with E-state index in [0.717, 1.165) is 12.8 Å². The third-order valence-corrected chi connectivity index (χ3v) is 3.60. The van der Waals surface area contributed by atoms with Crippen molar-refractivity contribution < 1.29 is 18.3 Å². The second-order valence-corrected chi connectivity index (χ2v) is 5.61. The number of rotatable bonds is 6. The van der Waals surface area contributed by atoms with Crippen LogP contribution < -0.4 is 0 Å². The number of nitrogens with zero attached hydrogens (tertiary/aromatic N) is 1. The highest BCUT2D eigenvalue weighted by atomic mass is 35.5. The molecule has 112 valence electrons. The van der Waals surface area contributed by atoms with Crippen molar-refractivity contribution >= 4 is 11.6 Å². The third-order valence-electron chi connectivity index (χ3n) is 3.37. The molecule has 1 saturated carbocycles. The molecule has 1 atom stereocenters. The fourth-order valence-electron chi connectivity index (χ4n) is 2.23. The number of hydrogen-bond acceptors (Lipinski definition) is 2. The minimum absolute atomic E-state index is 0.0168. The van der Waals surface area contributed by atoms with Crippen LogP contribution in [0.4, 0.5) is 13.2 Å². The molecule has 1 fully saturated rings. The first-order valence-electron chi connectivity index (χ1n) is 6.59. The van der Waals surface area contributed by atoms with Crippen molar-refractivity contribution in [2.24, 2.45) is 0 Å². The number of alkyl halides is 3. The average molecular weight is 308 g/mol. The Labute approximate surface area is 121 Å². The van der Waals surface area contributed by atoms with Gasteiger partial charge in [0.05, 0.1) is 12.6 Å². The van der Waals surface area contributed by atoms with Crippen LogP contribution in [0.15, 0.2) is 24.3 Å². The van der Waals surface area contributed by atoms with E-state index >= 15 is 0 Å². The lowest BCUT2D eigenvalue weighted by Gasteiger charge is -2.24. The monoisotopic (exact) mass is 307 g/mol. The zero-order chi connectivity index (χ0) is 14.8. The summed E-state index contributed by atoms with van der Waals surface area (Å²) in [6.07, 6.45) is -3.09. The smallest absolute Gasteiger partial charge is 0.388 e. The second-order valence-electron chi connectivity index (χ2n) is 5.18. The van der Waals surface area contributed by atoms with Gasteiger partial charge in [0, 0.05) is 17.6 Å². The Kier molecular flexibility index (Phi) is 4.94. The fourth-order valence-corrected chi connectivity index (χ4v) is 2.43. The van der Waals surface area contributed by atoms with Crippen molar-refractivity contribution in [2.45, 2.75) is 37.6 Å². The van der Waals surface area contributed by atoms with Gasteiger partial charge in [-0.15, -0.1) is 0 Å². The Bertz CT molecular complexity index is 448. The molecule has 1 N–H and O–H groups in total. The molecule has 0 aliphatic heterocycles. The zero-order valence-electron chi connectivity index (χ0n) is 10.9. The second kappa shape index (κ2) is 6.33. The van der Waals surface area contributed by atoms with E-state index in [1.807, 2.05) is 0 Å². The maximum absolute atomic E-state index is 12.5. The van der Waals surface area contributed by atoms with Gasteiger partial charge in [0.25, 0.3) is 0 Å². The number of aliphatic hydroxyl groups is 1. The largest absolute Gasteiger partial charge is 0.401 e. The quantitative estimate of drug-likeness (QED) is 0.864. The van der Waals surface area contributed by atoms with Gasteiger partial charge < -0.3 is 5.11 Å². The van der Waals surface area contributed by atoms with Gasteiger partial charge in [0.15, 0.2) is 0 Å². The summed E-state index contributed by atoms with van der Waals surface area (Å²) >= 11 is 5.83. The van der Waals surface area contributed by atoms with Crippen LogP contribution in [0.1, 0.15) is 30.9 Å². The highest BCUT2D eigenvalue weighted by molar-refractivity contribution is 6.30. The average Bonchev–Trinajstić information content (AvgIpc) is 3.17. The molecule has 1 aliphatic carbocycles. The van der Waals surface area contributed by atoms with E-state index in [4.69, 9.17) is 11.6 Å². The molecular weight excluding hydrogens is 291 g/mol. The van der Waals surface area contributed by atoms with Gasteiger partial charge >= 0.3 is 6.18 Å². The van der Waals surface area contributed by atoms with Gasteiger partial charge in [0.1, 0.15) is 0 Å². The summed E-state index contributed by atoms with van der Waals surface area (Å²) in [6, 6.07) is 6.79. The van der Waals surface area contributed by atoms with Crippen LogP contribution >= 0.6 is 11.6 Å². The molecule has 0 bridgehead atoms. The van der Waals surface area contributed by atoms with Crippen molar-refractivity contribution in [2.75, 3.05) is 13.1 Å². The maximum atomic E-state index is 12.5. The molecule has 0 saturated heterocycles. The van der Waals surface area contributed by atoms with Crippen LogP contribution in [0, 0.1) is 0 Å². The molecule has 0 aromatic heterocycles. The van der Waals surface area contributed by atoms with E-state index in [1.165, 1.54) is 4.90 Å². The summed E-state index contributed by atoms with van der Waals surface area (Å²) < 4.78 is 37.4. The van der Waals surface area contributed by atoms with Crippen LogP contribution in [0.5, 0.6) is 0 Å². The SMILES string of the molecule is OC(CCN(CC(F)(F)F)C1CC1)c1cccc(Cl)c1. The molecule has 2 rings (SSSR count). The fraction of sp³-hybridized carbons (Fsp3) is 0.571. The lowest BCUT2D eigenvalue weighted by atomic mass is 10.1. The summed E-state index contributed by atoms with van der Waals surface area (Å²) in [7, 11) is 0. The number of halogens is 4. The molecule has 1 aromatic rings. The van der Waals surface area contributed by atoms with E-state index in [-0.39, 0.29) is 19.0 Å². The third kappa shape index (κ3) is 4.96. The normalized spacial score (nSPS) is 17.5. The van der Waals surface area contributed by atoms with E-state index in [0.29, 0.717) is 10.6 Å². The van der Waals surface area contributed by atoms with Gasteiger partial charge in [-0.05, 0) is 37.0 Å². The van der Waals surface area contributed by atoms with Crippen LogP contribution in [0.2, 0.25) is 5.02 Å². The molecule has 0 radical (unpaired) electrons. The summed E-state index contributed by atoms with van der Waals surface area (Å²) in [6.45, 7) is -0.669. The van der Waals surface area contributed by atoms with E-state index < -0.39 is 18.8 Å². The van der Waals surface area contributed by atoms with Crippen LogP contribution in [0.25, 0.3) is 0 Å². The van der Waals surface area contributed by atoms with E-state index in [9.17, 15) is 18.3 Å². The van der Waals surface area contributed by atoms with Gasteiger partial charge in [-0.1, -0.05) is 23.7 Å². The zero-order valence-corrected chi connectivity index (χ0v) is 11.7. The molecule has 0 heterocycles. The Morgan fingerprint density at radius 1 is 1.35 bits per heavy atom. The van der Waals surface area contributed by atoms with Crippen molar-refractivity contribution in [3.05, 3.63) is 34.9 Å². The first-order chi connectivity index (χ1) is 9.35. The van der Waals surface area contributed by atoms with Gasteiger partial charge in [-0.3, -0.25) is 4.90 Å². The van der Waals surface area contributed by atoms with Gasteiger partial charge in [-0.25, -0.2) is 0 Å². The number of hydrogen-bond donors (Lipinski definition) is 1. The van der Waals surface area contributed by atoms with Gasteiger partial charge in [0.2, 0.25) is 0 Å². The Balaban J connectivity index is 1.89. The van der Waals surface area contributed by atoms with Crippen LogP contribution in [-0.4, -0.2) is 35.3 Å².